The molecule has 27 heavy (non-hydrogen) atoms. The Bertz CT molecular complexity index is 1110. The second kappa shape index (κ2) is 7.40. The average molecular weight is 383 g/mol. The molecule has 0 spiro atoms. The van der Waals surface area contributed by atoms with Gasteiger partial charge in [0.25, 0.3) is 10.0 Å². The molecule has 0 bridgehead atoms. The molecule has 3 rings (SSSR count). The average Bonchev–Trinajstić information content (AvgIpc) is 2.67. The lowest BCUT2D eigenvalue weighted by Crippen LogP contribution is -2.31. The Kier molecular flexibility index (Phi) is 5.19. The molecule has 0 saturated heterocycles. The van der Waals surface area contributed by atoms with Gasteiger partial charge in [0.2, 0.25) is 0 Å². The molecule has 0 aliphatic heterocycles. The van der Waals surface area contributed by atoms with Crippen molar-refractivity contribution in [2.24, 2.45) is 0 Å². The Morgan fingerprint density at radius 1 is 1.00 bits per heavy atom. The molecule has 0 heterocycles. The summed E-state index contributed by atoms with van der Waals surface area (Å²) < 4.78 is 32.6. The molecule has 0 aromatic heterocycles. The van der Waals surface area contributed by atoms with E-state index in [0.29, 0.717) is 11.3 Å². The van der Waals surface area contributed by atoms with Crippen LogP contribution in [0.5, 0.6) is 0 Å². The summed E-state index contributed by atoms with van der Waals surface area (Å²) in [7, 11) is -2.55. The molecule has 0 fully saturated rings. The van der Waals surface area contributed by atoms with E-state index in [1.54, 1.807) is 26.0 Å². The number of hydrogen-bond donors (Lipinski definition) is 0. The molecule has 5 nitrogen and oxygen atoms in total. The Balaban J connectivity index is 2.09. The van der Waals surface area contributed by atoms with Crippen molar-refractivity contribution in [2.75, 3.05) is 18.0 Å². The van der Waals surface area contributed by atoms with Crippen LogP contribution in [0, 0.1) is 6.92 Å². The van der Waals surface area contributed by atoms with Crippen molar-refractivity contribution in [3.63, 3.8) is 0 Å². The van der Waals surface area contributed by atoms with Gasteiger partial charge >= 0.3 is 5.97 Å². The molecule has 3 aromatic rings. The summed E-state index contributed by atoms with van der Waals surface area (Å²) in [5, 5.41) is 2.00. The molecule has 0 aliphatic rings. The van der Waals surface area contributed by atoms with Crippen molar-refractivity contribution in [2.45, 2.75) is 18.7 Å². The van der Waals surface area contributed by atoms with E-state index in [9.17, 15) is 13.2 Å². The minimum Gasteiger partial charge on any atom is -0.465 e. The molecule has 0 saturated carbocycles. The van der Waals surface area contributed by atoms with E-state index in [1.807, 2.05) is 36.4 Å². The van der Waals surface area contributed by atoms with Gasteiger partial charge in [0, 0.05) is 6.54 Å². The fourth-order valence-electron chi connectivity index (χ4n) is 3.04. The summed E-state index contributed by atoms with van der Waals surface area (Å²) in [6.45, 7) is 3.79. The van der Waals surface area contributed by atoms with E-state index in [4.69, 9.17) is 4.74 Å². The molecule has 3 aromatic carbocycles. The number of aryl methyl sites for hydroxylation is 1. The van der Waals surface area contributed by atoms with Gasteiger partial charge in [-0.3, -0.25) is 4.31 Å². The zero-order valence-corrected chi connectivity index (χ0v) is 16.3. The van der Waals surface area contributed by atoms with Crippen LogP contribution in [-0.2, 0) is 14.8 Å². The summed E-state index contributed by atoms with van der Waals surface area (Å²) in [6, 6.07) is 17.8. The van der Waals surface area contributed by atoms with Crippen molar-refractivity contribution < 1.29 is 17.9 Å². The van der Waals surface area contributed by atoms with Crippen LogP contribution in [0.3, 0.4) is 0 Å². The molecule has 0 amide bonds. The quantitative estimate of drug-likeness (QED) is 0.621. The van der Waals surface area contributed by atoms with Crippen molar-refractivity contribution in [3.8, 4) is 0 Å². The molecular weight excluding hydrogens is 362 g/mol. The predicted octanol–water partition coefficient (Wildman–Crippen LogP) is 4.15. The van der Waals surface area contributed by atoms with Gasteiger partial charge < -0.3 is 4.74 Å². The summed E-state index contributed by atoms with van der Waals surface area (Å²) in [5.41, 5.74) is 1.49. The van der Waals surface area contributed by atoms with E-state index in [-0.39, 0.29) is 17.0 Å². The molecular formula is C21H21NO4S. The highest BCUT2D eigenvalue weighted by Gasteiger charge is 2.25. The van der Waals surface area contributed by atoms with E-state index in [2.05, 4.69) is 0 Å². The van der Waals surface area contributed by atoms with E-state index >= 15 is 0 Å². The largest absolute Gasteiger partial charge is 0.465 e. The monoisotopic (exact) mass is 383 g/mol. The summed E-state index contributed by atoms with van der Waals surface area (Å²) >= 11 is 0. The normalized spacial score (nSPS) is 11.4. The SMILES string of the molecule is CCN(c1ccc2ccccc2c1)S(=O)(=O)c1ccc(C)c(C(=O)OC)c1. The molecule has 0 atom stereocenters. The van der Waals surface area contributed by atoms with Gasteiger partial charge in [-0.2, -0.15) is 0 Å². The Labute approximate surface area is 159 Å². The lowest BCUT2D eigenvalue weighted by molar-refractivity contribution is 0.0599. The molecule has 0 N–H and O–H groups in total. The molecule has 0 radical (unpaired) electrons. The van der Waals surface area contributed by atoms with Crippen LogP contribution in [0.15, 0.2) is 65.6 Å². The topological polar surface area (TPSA) is 63.7 Å². The minimum atomic E-state index is -3.83. The van der Waals surface area contributed by atoms with Crippen LogP contribution in [-0.4, -0.2) is 28.0 Å². The smallest absolute Gasteiger partial charge is 0.338 e. The van der Waals surface area contributed by atoms with Crippen LogP contribution >= 0.6 is 0 Å². The van der Waals surface area contributed by atoms with Gasteiger partial charge in [-0.15, -0.1) is 0 Å². The number of fused-ring (bicyclic) bond motifs is 1. The van der Waals surface area contributed by atoms with Crippen molar-refractivity contribution in [3.05, 3.63) is 71.8 Å². The Hall–Kier alpha value is -2.86. The Morgan fingerprint density at radius 3 is 2.37 bits per heavy atom. The summed E-state index contributed by atoms with van der Waals surface area (Å²) in [5.74, 6) is -0.557. The number of esters is 1. The third-order valence-corrected chi connectivity index (χ3v) is 6.41. The predicted molar refractivity (Wildman–Crippen MR) is 107 cm³/mol. The molecule has 0 unspecified atom stereocenters. The first kappa shape index (κ1) is 18.9. The number of methoxy groups -OCH3 is 1. The lowest BCUT2D eigenvalue weighted by Gasteiger charge is -2.23. The van der Waals surface area contributed by atoms with Gasteiger partial charge in [-0.1, -0.05) is 36.4 Å². The highest BCUT2D eigenvalue weighted by Crippen LogP contribution is 2.28. The van der Waals surface area contributed by atoms with E-state index < -0.39 is 16.0 Å². The number of sulfonamides is 1. The van der Waals surface area contributed by atoms with E-state index in [1.165, 1.54) is 23.5 Å². The number of anilines is 1. The zero-order valence-electron chi connectivity index (χ0n) is 15.5. The van der Waals surface area contributed by atoms with Gasteiger partial charge in [-0.25, -0.2) is 13.2 Å². The number of carbonyl (C=O) groups is 1. The third kappa shape index (κ3) is 3.53. The lowest BCUT2D eigenvalue weighted by atomic mass is 10.1. The van der Waals surface area contributed by atoms with Gasteiger partial charge in [0.15, 0.2) is 0 Å². The molecule has 0 aliphatic carbocycles. The third-order valence-electron chi connectivity index (χ3n) is 4.51. The van der Waals surface area contributed by atoms with Crippen molar-refractivity contribution in [1.29, 1.82) is 0 Å². The van der Waals surface area contributed by atoms with E-state index in [0.717, 1.165) is 10.8 Å². The maximum absolute atomic E-state index is 13.2. The standard InChI is InChI=1S/C21H21NO4S/c1-4-22(18-11-10-16-7-5-6-8-17(16)13-18)27(24,25)19-12-9-15(2)20(14-19)21(23)26-3/h5-14H,4H2,1-3H3. The minimum absolute atomic E-state index is 0.0588. The number of carbonyl (C=O) groups excluding carboxylic acids is 1. The van der Waals surface area contributed by atoms with Gasteiger partial charge in [0.1, 0.15) is 0 Å². The van der Waals surface area contributed by atoms with Gasteiger partial charge in [-0.05, 0) is 54.4 Å². The highest BCUT2D eigenvalue weighted by atomic mass is 32.2. The molecule has 6 heteroatoms. The number of benzene rings is 3. The van der Waals surface area contributed by atoms with Crippen molar-refractivity contribution in [1.82, 2.24) is 0 Å². The summed E-state index contributed by atoms with van der Waals surface area (Å²) in [6.07, 6.45) is 0. The molecule has 140 valence electrons. The first-order chi connectivity index (χ1) is 12.9. The van der Waals surface area contributed by atoms with Crippen LogP contribution in [0.4, 0.5) is 5.69 Å². The summed E-state index contributed by atoms with van der Waals surface area (Å²) in [4.78, 5) is 12.0. The first-order valence-corrected chi connectivity index (χ1v) is 10.0. The second-order valence-electron chi connectivity index (χ2n) is 6.17. The fraction of sp³-hybridized carbons (Fsp3) is 0.190. The van der Waals surface area contributed by atoms with Crippen LogP contribution in [0.1, 0.15) is 22.8 Å². The fourth-order valence-corrected chi connectivity index (χ4v) is 4.53. The maximum Gasteiger partial charge on any atom is 0.338 e. The van der Waals surface area contributed by atoms with Gasteiger partial charge in [0.05, 0.1) is 23.3 Å². The highest BCUT2D eigenvalue weighted by molar-refractivity contribution is 7.92. The maximum atomic E-state index is 13.2. The number of rotatable bonds is 5. The number of hydrogen-bond acceptors (Lipinski definition) is 4. The Morgan fingerprint density at radius 2 is 1.70 bits per heavy atom. The van der Waals surface area contributed by atoms with Crippen LogP contribution in [0.25, 0.3) is 10.8 Å². The first-order valence-electron chi connectivity index (χ1n) is 8.59. The van der Waals surface area contributed by atoms with Crippen molar-refractivity contribution >= 4 is 32.5 Å². The van der Waals surface area contributed by atoms with Crippen LogP contribution in [0.2, 0.25) is 0 Å². The van der Waals surface area contributed by atoms with Crippen LogP contribution < -0.4 is 4.31 Å². The number of nitrogens with zero attached hydrogens (tertiary/aromatic N) is 1. The number of ether oxygens (including phenoxy) is 1. The second-order valence-corrected chi connectivity index (χ2v) is 8.03. The zero-order chi connectivity index (χ0) is 19.6.